The molecule has 0 radical (unpaired) electrons. The lowest BCUT2D eigenvalue weighted by Crippen LogP contribution is -2.41. The number of hydrogen-bond acceptors (Lipinski definition) is 6. The average molecular weight is 384 g/mol. The van der Waals surface area contributed by atoms with Gasteiger partial charge in [0, 0.05) is 44.4 Å². The number of nitrogens with zero attached hydrogens (tertiary/aromatic N) is 4. The molecule has 2 unspecified atom stereocenters. The molecule has 4 rings (SSSR count). The van der Waals surface area contributed by atoms with Gasteiger partial charge in [0.2, 0.25) is 0 Å². The predicted molar refractivity (Wildman–Crippen MR) is 112 cm³/mol. The number of nitrogens with one attached hydrogen (secondary N) is 1. The van der Waals surface area contributed by atoms with E-state index in [4.69, 9.17) is 9.72 Å². The van der Waals surface area contributed by atoms with Crippen LogP contribution in [-0.2, 0) is 17.7 Å². The molecule has 0 saturated carbocycles. The number of nitriles is 1. The Morgan fingerprint density at radius 3 is 2.86 bits per heavy atom. The molecule has 0 aliphatic carbocycles. The molecule has 2 fully saturated rings. The molecule has 6 heteroatoms. The van der Waals surface area contributed by atoms with Crippen LogP contribution in [0.15, 0.2) is 0 Å². The van der Waals surface area contributed by atoms with Crippen molar-refractivity contribution in [3.63, 3.8) is 0 Å². The highest BCUT2D eigenvalue weighted by Crippen LogP contribution is 2.36. The van der Waals surface area contributed by atoms with Crippen LogP contribution in [0.3, 0.4) is 0 Å². The fourth-order valence-corrected chi connectivity index (χ4v) is 4.95. The number of ether oxygens (including phenoxy) is 1. The third kappa shape index (κ3) is 3.83. The molecule has 0 spiro atoms. The molecule has 0 amide bonds. The van der Waals surface area contributed by atoms with E-state index in [1.54, 1.807) is 0 Å². The fraction of sp³-hybridized carbons (Fsp3) is 0.727. The summed E-state index contributed by atoms with van der Waals surface area (Å²) in [6, 6.07) is 3.02. The van der Waals surface area contributed by atoms with Crippen LogP contribution >= 0.6 is 0 Å². The van der Waals surface area contributed by atoms with Gasteiger partial charge in [-0.1, -0.05) is 6.92 Å². The predicted octanol–water partition coefficient (Wildman–Crippen LogP) is 3.30. The first-order valence-corrected chi connectivity index (χ1v) is 11.0. The maximum atomic E-state index is 10.1. The van der Waals surface area contributed by atoms with Crippen molar-refractivity contribution in [3.05, 3.63) is 16.7 Å². The topological polar surface area (TPSA) is 64.4 Å². The molecule has 1 N–H and O–H groups in total. The standard InChI is InChI=1S/C22H33N5O/c1-3-16-7-4-5-10-27(16)22-19(13-23)18-9-11-26(2)15-20(18)21(25-22)24-14-17-8-6-12-28-17/h16-17H,3-12,14-15H2,1-2H3,(H,24,25). The third-order valence-corrected chi connectivity index (χ3v) is 6.57. The van der Waals surface area contributed by atoms with Crippen molar-refractivity contribution < 1.29 is 4.74 Å². The summed E-state index contributed by atoms with van der Waals surface area (Å²) in [4.78, 5) is 9.82. The molecule has 0 aromatic carbocycles. The van der Waals surface area contributed by atoms with E-state index in [2.05, 4.69) is 35.2 Å². The second kappa shape index (κ2) is 8.67. The molecular weight excluding hydrogens is 350 g/mol. The van der Waals surface area contributed by atoms with Crippen LogP contribution in [0.25, 0.3) is 0 Å². The van der Waals surface area contributed by atoms with Crippen molar-refractivity contribution in [1.82, 2.24) is 9.88 Å². The number of rotatable bonds is 5. The number of anilines is 2. The minimum absolute atomic E-state index is 0.274. The number of piperidine rings is 1. The van der Waals surface area contributed by atoms with Gasteiger partial charge in [-0.05, 0) is 57.6 Å². The van der Waals surface area contributed by atoms with Crippen LogP contribution in [-0.4, -0.2) is 55.3 Å². The van der Waals surface area contributed by atoms with E-state index in [9.17, 15) is 5.26 Å². The van der Waals surface area contributed by atoms with E-state index in [-0.39, 0.29) is 6.10 Å². The summed E-state index contributed by atoms with van der Waals surface area (Å²) in [6.07, 6.45) is 8.21. The van der Waals surface area contributed by atoms with Crippen LogP contribution in [0.2, 0.25) is 0 Å². The quantitative estimate of drug-likeness (QED) is 0.842. The smallest absolute Gasteiger partial charge is 0.149 e. The van der Waals surface area contributed by atoms with Crippen molar-refractivity contribution in [3.8, 4) is 6.07 Å². The molecule has 0 bridgehead atoms. The highest BCUT2D eigenvalue weighted by atomic mass is 16.5. The lowest BCUT2D eigenvalue weighted by Gasteiger charge is -2.38. The molecule has 6 nitrogen and oxygen atoms in total. The van der Waals surface area contributed by atoms with Crippen molar-refractivity contribution in [2.24, 2.45) is 0 Å². The summed E-state index contributed by atoms with van der Waals surface area (Å²) >= 11 is 0. The third-order valence-electron chi connectivity index (χ3n) is 6.57. The number of hydrogen-bond donors (Lipinski definition) is 1. The number of fused-ring (bicyclic) bond motifs is 1. The van der Waals surface area contributed by atoms with Gasteiger partial charge < -0.3 is 19.9 Å². The number of aromatic nitrogens is 1. The minimum atomic E-state index is 0.274. The minimum Gasteiger partial charge on any atom is -0.376 e. The van der Waals surface area contributed by atoms with Crippen molar-refractivity contribution in [2.45, 2.75) is 70.6 Å². The molecule has 3 aliphatic heterocycles. The maximum Gasteiger partial charge on any atom is 0.149 e. The zero-order valence-corrected chi connectivity index (χ0v) is 17.3. The highest BCUT2D eigenvalue weighted by molar-refractivity contribution is 5.67. The zero-order valence-electron chi connectivity index (χ0n) is 17.3. The SMILES string of the molecule is CCC1CCCCN1c1nc(NCC2CCCO2)c2c(c1C#N)CCN(C)C2. The Kier molecular flexibility index (Phi) is 6.03. The van der Waals surface area contributed by atoms with Crippen molar-refractivity contribution >= 4 is 11.6 Å². The molecule has 4 heterocycles. The summed E-state index contributed by atoms with van der Waals surface area (Å²) in [5.41, 5.74) is 3.23. The molecule has 28 heavy (non-hydrogen) atoms. The Morgan fingerprint density at radius 1 is 1.21 bits per heavy atom. The van der Waals surface area contributed by atoms with Crippen LogP contribution in [0.5, 0.6) is 0 Å². The van der Waals surface area contributed by atoms with E-state index in [0.29, 0.717) is 6.04 Å². The molecule has 1 aromatic rings. The van der Waals surface area contributed by atoms with Gasteiger partial charge in [-0.3, -0.25) is 0 Å². The van der Waals surface area contributed by atoms with Crippen LogP contribution in [0.1, 0.15) is 62.1 Å². The molecule has 2 saturated heterocycles. The molecule has 152 valence electrons. The highest BCUT2D eigenvalue weighted by Gasteiger charge is 2.30. The van der Waals surface area contributed by atoms with Gasteiger partial charge in [-0.25, -0.2) is 4.98 Å². The summed E-state index contributed by atoms with van der Waals surface area (Å²) in [6.45, 7) is 6.76. The second-order valence-corrected chi connectivity index (χ2v) is 8.48. The van der Waals surface area contributed by atoms with Crippen molar-refractivity contribution in [2.75, 3.05) is 43.5 Å². The van der Waals surface area contributed by atoms with Gasteiger partial charge in [-0.2, -0.15) is 5.26 Å². The van der Waals surface area contributed by atoms with Gasteiger partial charge in [0.15, 0.2) is 0 Å². The van der Waals surface area contributed by atoms with Gasteiger partial charge >= 0.3 is 0 Å². The van der Waals surface area contributed by atoms with E-state index < -0.39 is 0 Å². The van der Waals surface area contributed by atoms with Gasteiger partial charge in [-0.15, -0.1) is 0 Å². The summed E-state index contributed by atoms with van der Waals surface area (Å²) in [5, 5.41) is 13.7. The van der Waals surface area contributed by atoms with E-state index >= 15 is 0 Å². The zero-order chi connectivity index (χ0) is 19.5. The summed E-state index contributed by atoms with van der Waals surface area (Å²) < 4.78 is 5.80. The van der Waals surface area contributed by atoms with Gasteiger partial charge in [0.1, 0.15) is 17.7 Å². The summed E-state index contributed by atoms with van der Waals surface area (Å²) in [5.74, 6) is 1.87. The van der Waals surface area contributed by atoms with E-state index in [1.165, 1.54) is 30.4 Å². The maximum absolute atomic E-state index is 10.1. The van der Waals surface area contributed by atoms with Crippen molar-refractivity contribution in [1.29, 1.82) is 5.26 Å². The Balaban J connectivity index is 1.72. The summed E-state index contributed by atoms with van der Waals surface area (Å²) in [7, 11) is 2.14. The molecule has 2 atom stereocenters. The second-order valence-electron chi connectivity index (χ2n) is 8.48. The Bertz CT molecular complexity index is 737. The monoisotopic (exact) mass is 383 g/mol. The lowest BCUT2D eigenvalue weighted by molar-refractivity contribution is 0.120. The Hall–Kier alpha value is -1.84. The average Bonchev–Trinajstić information content (AvgIpc) is 3.25. The van der Waals surface area contributed by atoms with Crippen LogP contribution < -0.4 is 10.2 Å². The Morgan fingerprint density at radius 2 is 2.11 bits per heavy atom. The Labute approximate surface area is 168 Å². The molecule has 3 aliphatic rings. The molecule has 1 aromatic heterocycles. The van der Waals surface area contributed by atoms with Gasteiger partial charge in [0.05, 0.1) is 11.7 Å². The van der Waals surface area contributed by atoms with E-state index in [0.717, 1.165) is 75.7 Å². The first-order valence-electron chi connectivity index (χ1n) is 11.0. The van der Waals surface area contributed by atoms with Gasteiger partial charge in [0.25, 0.3) is 0 Å². The first kappa shape index (κ1) is 19.5. The number of pyridine rings is 1. The first-order chi connectivity index (χ1) is 13.7. The lowest BCUT2D eigenvalue weighted by atomic mass is 9.93. The number of likely N-dealkylation sites (N-methyl/N-ethyl adjacent to an activating group) is 1. The fourth-order valence-electron chi connectivity index (χ4n) is 4.95. The van der Waals surface area contributed by atoms with Crippen LogP contribution in [0, 0.1) is 11.3 Å². The molecular formula is C22H33N5O. The van der Waals surface area contributed by atoms with E-state index in [1.807, 2.05) is 0 Å². The normalized spacial score (nSPS) is 25.4. The largest absolute Gasteiger partial charge is 0.376 e. The van der Waals surface area contributed by atoms with Crippen LogP contribution in [0.4, 0.5) is 11.6 Å².